The monoisotopic (exact) mass is 339 g/mol. The second kappa shape index (κ2) is 6.93. The van der Waals surface area contributed by atoms with E-state index in [0.29, 0.717) is 5.13 Å². The molecule has 0 saturated heterocycles. The highest BCUT2D eigenvalue weighted by molar-refractivity contribution is 7.58. The molecule has 0 fully saturated rings. The van der Waals surface area contributed by atoms with Crippen LogP contribution in [0.1, 0.15) is 0 Å². The van der Waals surface area contributed by atoms with E-state index in [1.54, 1.807) is 0 Å². The summed E-state index contributed by atoms with van der Waals surface area (Å²) in [4.78, 5) is 8.97. The molecule has 0 aliphatic carbocycles. The van der Waals surface area contributed by atoms with Gasteiger partial charge in [0.25, 0.3) is 0 Å². The summed E-state index contributed by atoms with van der Waals surface area (Å²) in [6.45, 7) is 0. The van der Waals surface area contributed by atoms with Gasteiger partial charge in [-0.25, -0.2) is 4.98 Å². The Morgan fingerprint density at radius 3 is 2.09 bits per heavy atom. The second-order valence-electron chi connectivity index (χ2n) is 5.32. The number of benzene rings is 1. The highest BCUT2D eigenvalue weighted by atomic mass is 32.1. The summed E-state index contributed by atoms with van der Waals surface area (Å²) in [5.74, 6) is 0. The fraction of sp³-hybridized carbons (Fsp3) is 0.462. The van der Waals surface area contributed by atoms with Gasteiger partial charge >= 0.3 is 0 Å². The Bertz CT molecular complexity index is 658. The first kappa shape index (κ1) is 17.2. The predicted molar refractivity (Wildman–Crippen MR) is 94.5 cm³/mol. The van der Waals surface area contributed by atoms with Crippen LogP contribution in [-0.4, -0.2) is 61.3 Å². The molecule has 22 heavy (non-hydrogen) atoms. The summed E-state index contributed by atoms with van der Waals surface area (Å²) in [6, 6.07) is 7.96. The number of para-hydroxylation sites is 1. The van der Waals surface area contributed by atoms with Crippen LogP contribution in [0.4, 0.5) is 5.13 Å². The van der Waals surface area contributed by atoms with Crippen LogP contribution in [0.3, 0.4) is 0 Å². The highest BCUT2D eigenvalue weighted by Crippen LogP contribution is 2.54. The summed E-state index contributed by atoms with van der Waals surface area (Å²) in [7, 11) is 9.98. The SMILES string of the molecule is CN(C)P(=NN=Nc1nc2ccccc2s1)(N(C)C)N(C)C. The Morgan fingerprint density at radius 1 is 0.955 bits per heavy atom. The lowest BCUT2D eigenvalue weighted by Gasteiger charge is -2.39. The van der Waals surface area contributed by atoms with Crippen LogP contribution in [0.25, 0.3) is 10.2 Å². The molecule has 1 heterocycles. The van der Waals surface area contributed by atoms with Crippen molar-refractivity contribution in [3.63, 3.8) is 0 Å². The molecule has 2 aromatic rings. The first-order valence-corrected chi connectivity index (χ1v) is 9.21. The zero-order valence-electron chi connectivity index (χ0n) is 13.8. The smallest absolute Gasteiger partial charge is 0.232 e. The highest BCUT2D eigenvalue weighted by Gasteiger charge is 2.28. The number of hydrogen-bond donors (Lipinski definition) is 0. The van der Waals surface area contributed by atoms with E-state index in [1.165, 1.54) is 11.3 Å². The number of thiazole rings is 1. The number of rotatable bonds is 5. The van der Waals surface area contributed by atoms with Crippen LogP contribution in [0.5, 0.6) is 0 Å². The Morgan fingerprint density at radius 2 is 1.55 bits per heavy atom. The maximum absolute atomic E-state index is 4.53. The minimum Gasteiger partial charge on any atom is -0.250 e. The van der Waals surface area contributed by atoms with E-state index < -0.39 is 7.51 Å². The summed E-state index contributed by atoms with van der Waals surface area (Å²) in [5, 5.41) is 8.91. The Balaban J connectivity index is 2.37. The lowest BCUT2D eigenvalue weighted by molar-refractivity contribution is 0.471. The van der Waals surface area contributed by atoms with Gasteiger partial charge in [0, 0.05) is 0 Å². The summed E-state index contributed by atoms with van der Waals surface area (Å²) < 4.78 is 7.37. The molecule has 0 unspecified atom stereocenters. The van der Waals surface area contributed by atoms with Crippen molar-refractivity contribution in [2.24, 2.45) is 15.2 Å². The van der Waals surface area contributed by atoms with Crippen molar-refractivity contribution in [1.29, 1.82) is 0 Å². The van der Waals surface area contributed by atoms with Gasteiger partial charge in [0.1, 0.15) is 0 Å². The third-order valence-corrected chi connectivity index (χ3v) is 7.64. The fourth-order valence-electron chi connectivity index (χ4n) is 2.33. The largest absolute Gasteiger partial charge is 0.250 e. The van der Waals surface area contributed by atoms with Crippen molar-refractivity contribution in [3.05, 3.63) is 24.3 Å². The van der Waals surface area contributed by atoms with E-state index in [-0.39, 0.29) is 0 Å². The summed E-state index contributed by atoms with van der Waals surface area (Å²) in [5.41, 5.74) is 0.940. The normalized spacial score (nSPS) is 13.1. The molecule has 0 radical (unpaired) electrons. The number of fused-ring (bicyclic) bond motifs is 1. The fourth-order valence-corrected chi connectivity index (χ4v) is 5.88. The number of aromatic nitrogens is 1. The topological polar surface area (TPSA) is 59.7 Å². The predicted octanol–water partition coefficient (Wildman–Crippen LogP) is 3.93. The minimum absolute atomic E-state index is 0.624. The molecule has 1 aromatic carbocycles. The van der Waals surface area contributed by atoms with Crippen LogP contribution in [0.15, 0.2) is 39.5 Å². The standard InChI is InChI=1S/C13H22N7PS/c1-18(2)21(19(3)4,20(5)6)17-16-15-13-14-11-9-7-8-10-12(11)22-13/h7-10H,1-6H3. The van der Waals surface area contributed by atoms with Crippen LogP contribution in [0.2, 0.25) is 0 Å². The van der Waals surface area contributed by atoms with Gasteiger partial charge in [0.05, 0.1) is 10.2 Å². The molecular formula is C13H22N7PS. The van der Waals surface area contributed by atoms with Gasteiger partial charge < -0.3 is 0 Å². The molecule has 9 heteroatoms. The first-order valence-electron chi connectivity index (χ1n) is 6.79. The van der Waals surface area contributed by atoms with Crippen LogP contribution in [0, 0.1) is 0 Å². The van der Waals surface area contributed by atoms with Crippen molar-refractivity contribution < 1.29 is 0 Å². The van der Waals surface area contributed by atoms with Crippen LogP contribution < -0.4 is 0 Å². The van der Waals surface area contributed by atoms with Gasteiger partial charge in [-0.15, -0.1) is 4.85 Å². The average molecular weight is 339 g/mol. The Kier molecular flexibility index (Phi) is 5.41. The number of hydrogen-bond acceptors (Lipinski definition) is 3. The van der Waals surface area contributed by atoms with Crippen molar-refractivity contribution >= 4 is 34.2 Å². The average Bonchev–Trinajstić information content (AvgIpc) is 2.84. The first-order chi connectivity index (χ1) is 10.4. The van der Waals surface area contributed by atoms with Crippen molar-refractivity contribution in [2.75, 3.05) is 42.3 Å². The molecule has 0 aliphatic heterocycles. The maximum atomic E-state index is 4.53. The van der Waals surface area contributed by atoms with Crippen molar-refractivity contribution in [1.82, 2.24) is 19.0 Å². The molecule has 0 atom stereocenters. The molecule has 0 aliphatic rings. The second-order valence-corrected chi connectivity index (χ2v) is 9.98. The van der Waals surface area contributed by atoms with Crippen molar-refractivity contribution in [2.45, 2.75) is 0 Å². The van der Waals surface area contributed by atoms with E-state index in [4.69, 9.17) is 0 Å². The number of nitrogens with zero attached hydrogens (tertiary/aromatic N) is 7. The lowest BCUT2D eigenvalue weighted by Crippen LogP contribution is -2.30. The van der Waals surface area contributed by atoms with Gasteiger partial charge in [-0.2, -0.15) is 0 Å². The summed E-state index contributed by atoms with van der Waals surface area (Å²) >= 11 is 1.51. The van der Waals surface area contributed by atoms with Crippen LogP contribution >= 0.6 is 18.8 Å². The van der Waals surface area contributed by atoms with E-state index >= 15 is 0 Å². The van der Waals surface area contributed by atoms with Gasteiger partial charge in [0.15, 0.2) is 7.51 Å². The van der Waals surface area contributed by atoms with Gasteiger partial charge in [-0.1, -0.05) is 28.6 Å². The van der Waals surface area contributed by atoms with E-state index in [2.05, 4.69) is 34.2 Å². The molecule has 0 N–H and O–H groups in total. The molecule has 0 bridgehead atoms. The molecule has 120 valence electrons. The molecule has 2 rings (SSSR count). The maximum Gasteiger partial charge on any atom is 0.232 e. The molecule has 0 amide bonds. The Labute approximate surface area is 135 Å². The third kappa shape index (κ3) is 3.26. The van der Waals surface area contributed by atoms with Crippen molar-refractivity contribution in [3.8, 4) is 0 Å². The molecule has 1 aromatic heterocycles. The summed E-state index contributed by atoms with van der Waals surface area (Å²) in [6.07, 6.45) is 0. The zero-order valence-corrected chi connectivity index (χ0v) is 15.5. The molecule has 7 nitrogen and oxygen atoms in total. The van der Waals surface area contributed by atoms with Crippen LogP contribution in [-0.2, 0) is 0 Å². The van der Waals surface area contributed by atoms with Gasteiger partial charge in [-0.3, -0.25) is 14.0 Å². The third-order valence-electron chi connectivity index (χ3n) is 3.18. The minimum atomic E-state index is -2.04. The van der Waals surface area contributed by atoms with E-state index in [9.17, 15) is 0 Å². The Hall–Kier alpha value is -1.18. The lowest BCUT2D eigenvalue weighted by atomic mass is 10.3. The van der Waals surface area contributed by atoms with Gasteiger partial charge in [0.2, 0.25) is 5.13 Å². The molecule has 0 spiro atoms. The quantitative estimate of drug-likeness (QED) is 0.470. The van der Waals surface area contributed by atoms with Gasteiger partial charge in [-0.05, 0) is 59.6 Å². The molecular weight excluding hydrogens is 317 g/mol. The molecule has 0 saturated carbocycles. The zero-order chi connectivity index (χ0) is 16.3. The van der Waals surface area contributed by atoms with E-state index in [1.807, 2.05) is 66.6 Å². The van der Waals surface area contributed by atoms with E-state index in [0.717, 1.165) is 10.2 Å².